The Balaban J connectivity index is 1.85. The molecule has 0 bridgehead atoms. The maximum absolute atomic E-state index is 4.63. The fourth-order valence-electron chi connectivity index (χ4n) is 2.23. The Hall–Kier alpha value is -1.24. The summed E-state index contributed by atoms with van der Waals surface area (Å²) in [6, 6.07) is 0. The van der Waals surface area contributed by atoms with Gasteiger partial charge in [0.1, 0.15) is 5.01 Å². The lowest BCUT2D eigenvalue weighted by atomic mass is 10.1. The zero-order valence-corrected chi connectivity index (χ0v) is 13.7. The van der Waals surface area contributed by atoms with Crippen LogP contribution in [0.25, 0.3) is 4.96 Å². The molecule has 3 aromatic heterocycles. The van der Waals surface area contributed by atoms with Crippen molar-refractivity contribution in [3.05, 3.63) is 39.0 Å². The number of aromatic nitrogens is 3. The molecule has 3 rings (SSSR count). The maximum Gasteiger partial charge on any atom is 0.194 e. The summed E-state index contributed by atoms with van der Waals surface area (Å²) in [6.45, 7) is 9.31. The molecule has 0 aliphatic rings. The molecule has 0 spiro atoms. The second-order valence-electron chi connectivity index (χ2n) is 5.45. The van der Waals surface area contributed by atoms with Crippen molar-refractivity contribution in [2.24, 2.45) is 0 Å². The Morgan fingerprint density at radius 2 is 2.15 bits per heavy atom. The molecule has 3 aromatic rings. The first kappa shape index (κ1) is 13.7. The molecule has 0 unspecified atom stereocenters. The molecule has 4 nitrogen and oxygen atoms in total. The van der Waals surface area contributed by atoms with E-state index in [4.69, 9.17) is 0 Å². The fraction of sp³-hybridized carbons (Fsp3) is 0.429. The van der Waals surface area contributed by atoms with E-state index < -0.39 is 0 Å². The van der Waals surface area contributed by atoms with Crippen molar-refractivity contribution in [3.8, 4) is 0 Å². The summed E-state index contributed by atoms with van der Waals surface area (Å²) in [5.74, 6) is 0. The molecule has 0 saturated carbocycles. The van der Waals surface area contributed by atoms with E-state index in [-0.39, 0.29) is 5.54 Å². The molecule has 20 heavy (non-hydrogen) atoms. The van der Waals surface area contributed by atoms with Crippen molar-refractivity contribution >= 4 is 27.6 Å². The Kier molecular flexibility index (Phi) is 3.40. The van der Waals surface area contributed by atoms with Gasteiger partial charge in [-0.1, -0.05) is 0 Å². The number of hydrogen-bond donors (Lipinski definition) is 1. The monoisotopic (exact) mass is 306 g/mol. The molecule has 0 aromatic carbocycles. The van der Waals surface area contributed by atoms with Gasteiger partial charge >= 0.3 is 0 Å². The highest BCUT2D eigenvalue weighted by atomic mass is 32.1. The van der Waals surface area contributed by atoms with Crippen molar-refractivity contribution in [2.75, 3.05) is 0 Å². The molecule has 106 valence electrons. The van der Waals surface area contributed by atoms with Crippen molar-refractivity contribution in [1.29, 1.82) is 0 Å². The van der Waals surface area contributed by atoms with Crippen LogP contribution in [-0.2, 0) is 12.1 Å². The van der Waals surface area contributed by atoms with E-state index in [1.54, 1.807) is 22.7 Å². The van der Waals surface area contributed by atoms with Gasteiger partial charge < -0.3 is 5.32 Å². The largest absolute Gasteiger partial charge is 0.300 e. The molecule has 0 saturated heterocycles. The van der Waals surface area contributed by atoms with Crippen LogP contribution in [0.4, 0.5) is 0 Å². The summed E-state index contributed by atoms with van der Waals surface area (Å²) in [5.41, 5.74) is 2.20. The minimum absolute atomic E-state index is 0.129. The first-order valence-corrected chi connectivity index (χ1v) is 8.26. The van der Waals surface area contributed by atoms with E-state index in [1.807, 2.05) is 11.6 Å². The molecular weight excluding hydrogens is 288 g/mol. The zero-order valence-electron chi connectivity index (χ0n) is 12.1. The summed E-state index contributed by atoms with van der Waals surface area (Å²) in [6.07, 6.45) is 4.02. The van der Waals surface area contributed by atoms with Gasteiger partial charge in [0.2, 0.25) is 0 Å². The van der Waals surface area contributed by atoms with E-state index in [9.17, 15) is 0 Å². The molecule has 0 radical (unpaired) electrons. The van der Waals surface area contributed by atoms with Crippen LogP contribution in [0.1, 0.15) is 35.1 Å². The number of aryl methyl sites for hydroxylation is 2. The lowest BCUT2D eigenvalue weighted by Gasteiger charge is -2.23. The normalized spacial score (nSPS) is 12.4. The Labute approximate surface area is 126 Å². The minimum atomic E-state index is -0.129. The first-order valence-electron chi connectivity index (χ1n) is 6.56. The van der Waals surface area contributed by atoms with Gasteiger partial charge in [0, 0.05) is 29.2 Å². The molecular formula is C14H18N4S2. The van der Waals surface area contributed by atoms with Gasteiger partial charge in [-0.15, -0.1) is 22.7 Å². The molecule has 6 heteroatoms. The smallest absolute Gasteiger partial charge is 0.194 e. The molecule has 0 amide bonds. The van der Waals surface area contributed by atoms with Crippen molar-refractivity contribution in [1.82, 2.24) is 19.7 Å². The van der Waals surface area contributed by atoms with E-state index >= 15 is 0 Å². The SMILES string of the molecule is Cc1cn2c(CNC(C)(C)c3nccs3)c(C)nc2s1. The standard InChI is InChI=1S/C14H18N4S2/c1-9-8-18-11(10(2)17-13(18)20-9)7-16-14(3,4)12-15-5-6-19-12/h5-6,8,16H,7H2,1-4H3. The van der Waals surface area contributed by atoms with Gasteiger partial charge in [-0.25, -0.2) is 9.97 Å². The van der Waals surface area contributed by atoms with Gasteiger partial charge in [0.05, 0.1) is 16.9 Å². The quantitative estimate of drug-likeness (QED) is 0.802. The lowest BCUT2D eigenvalue weighted by molar-refractivity contribution is 0.395. The Morgan fingerprint density at radius 1 is 1.35 bits per heavy atom. The van der Waals surface area contributed by atoms with E-state index in [2.05, 4.69) is 53.6 Å². The average Bonchev–Trinajstić information content (AvgIpc) is 3.03. The van der Waals surface area contributed by atoms with E-state index in [0.717, 1.165) is 22.2 Å². The van der Waals surface area contributed by atoms with Gasteiger partial charge in [-0.3, -0.25) is 4.40 Å². The molecule has 0 fully saturated rings. The molecule has 0 aliphatic heterocycles. The predicted octanol–water partition coefficient (Wildman–Crippen LogP) is 3.49. The summed E-state index contributed by atoms with van der Waals surface area (Å²) in [4.78, 5) is 11.4. The maximum atomic E-state index is 4.63. The second-order valence-corrected chi connectivity index (χ2v) is 7.56. The van der Waals surface area contributed by atoms with Gasteiger partial charge in [0.25, 0.3) is 0 Å². The van der Waals surface area contributed by atoms with Crippen LogP contribution in [0.2, 0.25) is 0 Å². The second kappa shape index (κ2) is 4.95. The van der Waals surface area contributed by atoms with Crippen molar-refractivity contribution in [3.63, 3.8) is 0 Å². The number of nitrogens with zero attached hydrogens (tertiary/aromatic N) is 3. The highest BCUT2D eigenvalue weighted by Gasteiger charge is 2.23. The Bertz CT molecular complexity index is 722. The van der Waals surface area contributed by atoms with Crippen LogP contribution in [0.3, 0.4) is 0 Å². The third-order valence-electron chi connectivity index (χ3n) is 3.41. The van der Waals surface area contributed by atoms with Crippen molar-refractivity contribution < 1.29 is 0 Å². The van der Waals surface area contributed by atoms with Crippen LogP contribution in [0.15, 0.2) is 17.8 Å². The van der Waals surface area contributed by atoms with E-state index in [0.29, 0.717) is 0 Å². The zero-order chi connectivity index (χ0) is 14.3. The van der Waals surface area contributed by atoms with Crippen molar-refractivity contribution in [2.45, 2.75) is 39.8 Å². The van der Waals surface area contributed by atoms with E-state index in [1.165, 1.54) is 10.6 Å². The van der Waals surface area contributed by atoms with Gasteiger partial charge in [-0.2, -0.15) is 0 Å². The number of nitrogens with one attached hydrogen (secondary N) is 1. The van der Waals surface area contributed by atoms with Gasteiger partial charge in [-0.05, 0) is 27.7 Å². The van der Waals surface area contributed by atoms with Crippen LogP contribution in [0, 0.1) is 13.8 Å². The third kappa shape index (κ3) is 2.39. The first-order chi connectivity index (χ1) is 9.47. The number of hydrogen-bond acceptors (Lipinski definition) is 5. The summed E-state index contributed by atoms with van der Waals surface area (Å²) < 4.78 is 2.19. The molecule has 0 atom stereocenters. The number of imidazole rings is 1. The van der Waals surface area contributed by atoms with Crippen LogP contribution in [-0.4, -0.2) is 14.4 Å². The number of rotatable bonds is 4. The third-order valence-corrected chi connectivity index (χ3v) is 5.40. The lowest BCUT2D eigenvalue weighted by Crippen LogP contribution is -2.36. The topological polar surface area (TPSA) is 42.2 Å². The summed E-state index contributed by atoms with van der Waals surface area (Å²) in [5, 5.41) is 6.72. The average molecular weight is 306 g/mol. The number of thiazole rings is 2. The summed E-state index contributed by atoms with van der Waals surface area (Å²) in [7, 11) is 0. The van der Waals surface area contributed by atoms with Gasteiger partial charge in [0.15, 0.2) is 4.96 Å². The number of fused-ring (bicyclic) bond motifs is 1. The summed E-state index contributed by atoms with van der Waals surface area (Å²) >= 11 is 3.42. The fourth-order valence-corrected chi connectivity index (χ4v) is 3.86. The van der Waals surface area contributed by atoms with Crippen LogP contribution in [0.5, 0.6) is 0 Å². The predicted molar refractivity (Wildman–Crippen MR) is 84.5 cm³/mol. The highest BCUT2D eigenvalue weighted by Crippen LogP contribution is 2.24. The highest BCUT2D eigenvalue weighted by molar-refractivity contribution is 7.17. The molecule has 3 heterocycles. The van der Waals surface area contributed by atoms with Crippen LogP contribution < -0.4 is 5.32 Å². The Morgan fingerprint density at radius 3 is 2.85 bits per heavy atom. The van der Waals surface area contributed by atoms with Crippen LogP contribution >= 0.6 is 22.7 Å². The minimum Gasteiger partial charge on any atom is -0.300 e. The molecule has 0 aliphatic carbocycles. The molecule has 1 N–H and O–H groups in total.